The number of alkyl halides is 1. The first kappa shape index (κ1) is 7.91. The summed E-state index contributed by atoms with van der Waals surface area (Å²) in [4.78, 5) is 0. The molecule has 0 spiro atoms. The molecule has 0 aromatic heterocycles. The quantitative estimate of drug-likeness (QED) is 0.491. The fourth-order valence-corrected chi connectivity index (χ4v) is 0.860. The second-order valence-corrected chi connectivity index (χ2v) is 2.49. The predicted molar refractivity (Wildman–Crippen MR) is 33.7 cm³/mol. The first-order valence-corrected chi connectivity index (χ1v) is 3.19. The van der Waals surface area contributed by atoms with Gasteiger partial charge in [0.15, 0.2) is 6.17 Å². The van der Waals surface area contributed by atoms with Crippen LogP contribution in [0.15, 0.2) is 0 Å². The van der Waals surface area contributed by atoms with Crippen molar-refractivity contribution < 1.29 is 14.2 Å². The number of rotatable bonds is 0. The molecule has 0 aliphatic carbocycles. The molecule has 3 N–H and O–H groups in total. The largest absolute Gasteiger partial charge is 0.388 e. The third-order valence-corrected chi connectivity index (χ3v) is 1.69. The summed E-state index contributed by atoms with van der Waals surface area (Å²) in [6, 6.07) is -0.625. The first-order chi connectivity index (χ1) is 4.63. The molecule has 59 valence electrons. The highest BCUT2D eigenvalue weighted by Crippen LogP contribution is 2.18. The van der Waals surface area contributed by atoms with Crippen LogP contribution in [-0.4, -0.2) is 29.5 Å². The Labute approximate surface area is 59.0 Å². The van der Waals surface area contributed by atoms with Crippen LogP contribution in [0.1, 0.15) is 6.92 Å². The maximum absolute atomic E-state index is 12.5. The summed E-state index contributed by atoms with van der Waals surface area (Å²) >= 11 is 0. The molecule has 4 heteroatoms. The molecular weight excluding hydrogens is 137 g/mol. The monoisotopic (exact) mass is 148 g/mol. The molecule has 0 unspecified atom stereocenters. The molecule has 1 saturated heterocycles. The molecule has 3 nitrogen and oxygen atoms in total. The number of aliphatic hydroxyl groups excluding tert-OH is 1. The second-order valence-electron chi connectivity index (χ2n) is 2.49. The minimum atomic E-state index is -1.45. The average Bonchev–Trinajstić information content (AvgIpc) is 1.93. The molecule has 1 aliphatic rings. The van der Waals surface area contributed by atoms with Crippen LogP contribution in [0, 0.1) is 6.61 Å². The van der Waals surface area contributed by atoms with Gasteiger partial charge in [0.2, 0.25) is 0 Å². The van der Waals surface area contributed by atoms with Gasteiger partial charge in [-0.3, -0.25) is 0 Å². The Morgan fingerprint density at radius 3 is 2.80 bits per heavy atom. The van der Waals surface area contributed by atoms with Gasteiger partial charge in [0.25, 0.3) is 0 Å². The summed E-state index contributed by atoms with van der Waals surface area (Å²) in [6.07, 6.45) is -2.88. The Kier molecular flexibility index (Phi) is 2.23. The van der Waals surface area contributed by atoms with Gasteiger partial charge < -0.3 is 15.6 Å². The van der Waals surface area contributed by atoms with Crippen molar-refractivity contribution in [1.29, 1.82) is 0 Å². The summed E-state index contributed by atoms with van der Waals surface area (Å²) in [5.74, 6) is 0. The van der Waals surface area contributed by atoms with Crippen LogP contribution in [-0.2, 0) is 4.74 Å². The maximum atomic E-state index is 12.5. The Hall–Kier alpha value is -0.190. The van der Waals surface area contributed by atoms with Gasteiger partial charge in [-0.2, -0.15) is 0 Å². The van der Waals surface area contributed by atoms with Crippen LogP contribution in [0.4, 0.5) is 4.39 Å². The van der Waals surface area contributed by atoms with E-state index in [2.05, 4.69) is 0 Å². The van der Waals surface area contributed by atoms with Crippen LogP contribution in [0.2, 0.25) is 0 Å². The summed E-state index contributed by atoms with van der Waals surface area (Å²) in [7, 11) is 0. The SMILES string of the molecule is C[C@H]1O[CH][C@H](F)[C@@H](O)[C@@H]1N. The number of nitrogens with two attached hydrogens (primary N) is 1. The fraction of sp³-hybridized carbons (Fsp3) is 0.833. The van der Waals surface area contributed by atoms with E-state index in [1.807, 2.05) is 0 Å². The number of aliphatic hydroxyl groups is 1. The molecule has 1 radical (unpaired) electrons. The van der Waals surface area contributed by atoms with E-state index in [1.54, 1.807) is 6.92 Å². The molecule has 0 bridgehead atoms. The Morgan fingerprint density at radius 1 is 1.70 bits per heavy atom. The molecule has 0 aromatic rings. The van der Waals surface area contributed by atoms with Crippen molar-refractivity contribution in [2.45, 2.75) is 31.3 Å². The van der Waals surface area contributed by atoms with E-state index in [9.17, 15) is 4.39 Å². The van der Waals surface area contributed by atoms with Gasteiger partial charge in [0.1, 0.15) is 12.7 Å². The molecular formula is C6H11FNO2. The summed E-state index contributed by atoms with van der Waals surface area (Å²) in [5, 5.41) is 9.01. The molecule has 1 heterocycles. The molecule has 1 aliphatic heterocycles. The van der Waals surface area contributed by atoms with E-state index in [-0.39, 0.29) is 6.10 Å². The van der Waals surface area contributed by atoms with E-state index >= 15 is 0 Å². The van der Waals surface area contributed by atoms with Gasteiger partial charge in [-0.25, -0.2) is 4.39 Å². The van der Waals surface area contributed by atoms with Gasteiger partial charge in [-0.15, -0.1) is 0 Å². The van der Waals surface area contributed by atoms with E-state index in [4.69, 9.17) is 15.6 Å². The third-order valence-electron chi connectivity index (χ3n) is 1.69. The highest BCUT2D eigenvalue weighted by atomic mass is 19.1. The van der Waals surface area contributed by atoms with E-state index in [0.717, 1.165) is 6.61 Å². The van der Waals surface area contributed by atoms with Crippen LogP contribution in [0.3, 0.4) is 0 Å². The summed E-state index contributed by atoms with van der Waals surface area (Å²) < 4.78 is 17.3. The molecule has 1 rings (SSSR count). The van der Waals surface area contributed by atoms with Gasteiger partial charge in [0.05, 0.1) is 12.1 Å². The standard InChI is InChI=1S/C6H11FNO2/c1-3-5(8)6(9)4(7)2-10-3/h2-6,9H,8H2,1H3/t3-,4+,5-,6-/m1/s1. The maximum Gasteiger partial charge on any atom is 0.156 e. The molecule has 10 heavy (non-hydrogen) atoms. The zero-order chi connectivity index (χ0) is 7.72. The molecule has 4 atom stereocenters. The number of hydrogen-bond donors (Lipinski definition) is 2. The molecule has 0 saturated carbocycles. The normalized spacial score (nSPS) is 49.2. The minimum absolute atomic E-state index is 0.304. The van der Waals surface area contributed by atoms with Crippen LogP contribution in [0.25, 0.3) is 0 Å². The lowest BCUT2D eigenvalue weighted by atomic mass is 10.0. The third kappa shape index (κ3) is 1.28. The molecule has 1 fully saturated rings. The number of halogens is 1. The van der Waals surface area contributed by atoms with Crippen molar-refractivity contribution in [3.8, 4) is 0 Å². The highest BCUT2D eigenvalue weighted by molar-refractivity contribution is 4.92. The van der Waals surface area contributed by atoms with Crippen molar-refractivity contribution in [3.05, 3.63) is 6.61 Å². The lowest BCUT2D eigenvalue weighted by molar-refractivity contribution is -0.0638. The lowest BCUT2D eigenvalue weighted by Gasteiger charge is -2.32. The zero-order valence-corrected chi connectivity index (χ0v) is 5.70. The van der Waals surface area contributed by atoms with E-state index in [1.165, 1.54) is 0 Å². The lowest BCUT2D eigenvalue weighted by Crippen LogP contribution is -2.53. The van der Waals surface area contributed by atoms with Crippen LogP contribution < -0.4 is 5.73 Å². The molecule has 0 amide bonds. The van der Waals surface area contributed by atoms with E-state index < -0.39 is 18.3 Å². The van der Waals surface area contributed by atoms with Crippen molar-refractivity contribution in [2.75, 3.05) is 0 Å². The fourth-order valence-electron chi connectivity index (χ4n) is 0.860. The Bertz CT molecular complexity index is 108. The zero-order valence-electron chi connectivity index (χ0n) is 5.70. The summed E-state index contributed by atoms with van der Waals surface area (Å²) in [6.45, 7) is 2.68. The van der Waals surface area contributed by atoms with Crippen LogP contribution in [0.5, 0.6) is 0 Å². The second kappa shape index (κ2) is 2.82. The van der Waals surface area contributed by atoms with E-state index in [0.29, 0.717) is 0 Å². The summed E-state index contributed by atoms with van der Waals surface area (Å²) in [5.41, 5.74) is 5.38. The topological polar surface area (TPSA) is 55.5 Å². The molecule has 0 aromatic carbocycles. The predicted octanol–water partition coefficient (Wildman–Crippen LogP) is -0.407. The van der Waals surface area contributed by atoms with Gasteiger partial charge >= 0.3 is 0 Å². The van der Waals surface area contributed by atoms with Crippen molar-refractivity contribution in [1.82, 2.24) is 0 Å². The Morgan fingerprint density at radius 2 is 2.30 bits per heavy atom. The van der Waals surface area contributed by atoms with Gasteiger partial charge in [0, 0.05) is 0 Å². The first-order valence-electron chi connectivity index (χ1n) is 3.19. The smallest absolute Gasteiger partial charge is 0.156 e. The minimum Gasteiger partial charge on any atom is -0.388 e. The number of ether oxygens (including phenoxy) is 1. The van der Waals surface area contributed by atoms with Crippen molar-refractivity contribution >= 4 is 0 Å². The van der Waals surface area contributed by atoms with Crippen molar-refractivity contribution in [2.24, 2.45) is 5.73 Å². The highest BCUT2D eigenvalue weighted by Gasteiger charge is 2.35. The number of hydrogen-bond acceptors (Lipinski definition) is 3. The average molecular weight is 148 g/mol. The Balaban J connectivity index is 2.52. The van der Waals surface area contributed by atoms with Gasteiger partial charge in [-0.05, 0) is 6.92 Å². The van der Waals surface area contributed by atoms with Crippen LogP contribution >= 0.6 is 0 Å². The van der Waals surface area contributed by atoms with Gasteiger partial charge in [-0.1, -0.05) is 0 Å². The van der Waals surface area contributed by atoms with Crippen molar-refractivity contribution in [3.63, 3.8) is 0 Å².